The molecular formula is C13H15Cl2NO2. The van der Waals surface area contributed by atoms with E-state index in [-0.39, 0.29) is 6.04 Å². The number of benzene rings is 1. The van der Waals surface area contributed by atoms with E-state index in [1.54, 1.807) is 18.2 Å². The molecule has 2 N–H and O–H groups in total. The number of carbonyl (C=O) groups is 1. The lowest BCUT2D eigenvalue weighted by atomic mass is 10.1. The van der Waals surface area contributed by atoms with Crippen LogP contribution in [0.25, 0.3) is 0 Å². The van der Waals surface area contributed by atoms with Crippen molar-refractivity contribution >= 4 is 29.2 Å². The zero-order chi connectivity index (χ0) is 13.1. The van der Waals surface area contributed by atoms with Crippen LogP contribution in [0, 0.1) is 0 Å². The number of hydrogen-bond acceptors (Lipinski definition) is 2. The molecule has 0 heterocycles. The molecule has 0 radical (unpaired) electrons. The van der Waals surface area contributed by atoms with Crippen molar-refractivity contribution in [2.75, 3.05) is 0 Å². The van der Waals surface area contributed by atoms with Gasteiger partial charge in [0.25, 0.3) is 0 Å². The zero-order valence-corrected chi connectivity index (χ0v) is 11.3. The van der Waals surface area contributed by atoms with Gasteiger partial charge in [-0.3, -0.25) is 10.1 Å². The lowest BCUT2D eigenvalue weighted by molar-refractivity contribution is -0.139. The van der Waals surface area contributed by atoms with Crippen LogP contribution in [0.5, 0.6) is 0 Å². The zero-order valence-electron chi connectivity index (χ0n) is 9.83. The Balaban J connectivity index is 2.23. The summed E-state index contributed by atoms with van der Waals surface area (Å²) < 4.78 is 0. The average Bonchev–Trinajstić information content (AvgIpc) is 2.82. The van der Waals surface area contributed by atoms with Crippen molar-refractivity contribution in [1.29, 1.82) is 0 Å². The first kappa shape index (κ1) is 13.7. The fourth-order valence-electron chi connectivity index (χ4n) is 2.36. The molecule has 0 aromatic heterocycles. The summed E-state index contributed by atoms with van der Waals surface area (Å²) in [5, 5.41) is 13.4. The van der Waals surface area contributed by atoms with E-state index < -0.39 is 12.0 Å². The fourth-order valence-corrected chi connectivity index (χ4v) is 2.77. The highest BCUT2D eigenvalue weighted by atomic mass is 35.5. The van der Waals surface area contributed by atoms with Crippen LogP contribution in [-0.2, 0) is 4.79 Å². The molecule has 2 rings (SSSR count). The van der Waals surface area contributed by atoms with Gasteiger partial charge in [-0.25, -0.2) is 0 Å². The third-order valence-corrected chi connectivity index (χ3v) is 3.85. The van der Waals surface area contributed by atoms with Crippen LogP contribution >= 0.6 is 23.2 Å². The lowest BCUT2D eigenvalue weighted by Crippen LogP contribution is -2.35. The van der Waals surface area contributed by atoms with Crippen molar-refractivity contribution in [2.24, 2.45) is 0 Å². The lowest BCUT2D eigenvalue weighted by Gasteiger charge is -2.20. The summed E-state index contributed by atoms with van der Waals surface area (Å²) in [5.74, 6) is -0.925. The van der Waals surface area contributed by atoms with Gasteiger partial charge in [0.05, 0.1) is 0 Å². The van der Waals surface area contributed by atoms with Gasteiger partial charge in [-0.2, -0.15) is 0 Å². The van der Waals surface area contributed by atoms with Crippen LogP contribution in [0.1, 0.15) is 37.3 Å². The van der Waals surface area contributed by atoms with Gasteiger partial charge in [-0.05, 0) is 31.0 Å². The highest BCUT2D eigenvalue weighted by Gasteiger charge is 2.27. The largest absolute Gasteiger partial charge is 0.480 e. The maximum atomic E-state index is 11.4. The molecule has 1 saturated carbocycles. The molecule has 1 unspecified atom stereocenters. The Morgan fingerprint density at radius 3 is 2.61 bits per heavy atom. The Labute approximate surface area is 116 Å². The molecule has 5 heteroatoms. The quantitative estimate of drug-likeness (QED) is 0.889. The first-order valence-electron chi connectivity index (χ1n) is 6.01. The van der Waals surface area contributed by atoms with Crippen LogP contribution < -0.4 is 5.32 Å². The molecule has 0 spiro atoms. The molecular weight excluding hydrogens is 273 g/mol. The van der Waals surface area contributed by atoms with Crippen LogP contribution in [0.3, 0.4) is 0 Å². The minimum atomic E-state index is -0.925. The second-order valence-electron chi connectivity index (χ2n) is 4.59. The normalized spacial score (nSPS) is 17.9. The molecule has 98 valence electrons. The smallest absolute Gasteiger partial charge is 0.325 e. The number of rotatable bonds is 4. The Morgan fingerprint density at radius 2 is 2.00 bits per heavy atom. The standard InChI is InChI=1S/C13H15Cl2NO2/c14-8-5-6-11(15)10(7-8)12(13(17)18)16-9-3-1-2-4-9/h5-7,9,12,16H,1-4H2,(H,17,18). The molecule has 1 aromatic rings. The molecule has 0 bridgehead atoms. The van der Waals surface area contributed by atoms with Crippen LogP contribution in [0.2, 0.25) is 10.0 Å². The van der Waals surface area contributed by atoms with E-state index in [0.29, 0.717) is 15.6 Å². The van der Waals surface area contributed by atoms with E-state index >= 15 is 0 Å². The maximum absolute atomic E-state index is 11.4. The third-order valence-electron chi connectivity index (χ3n) is 3.27. The van der Waals surface area contributed by atoms with Gasteiger partial charge in [0, 0.05) is 21.7 Å². The second kappa shape index (κ2) is 5.91. The summed E-state index contributed by atoms with van der Waals surface area (Å²) in [5.41, 5.74) is 0.531. The molecule has 1 aliphatic carbocycles. The Hall–Kier alpha value is -0.770. The number of nitrogens with one attached hydrogen (secondary N) is 1. The number of hydrogen-bond donors (Lipinski definition) is 2. The predicted molar refractivity (Wildman–Crippen MR) is 72.2 cm³/mol. The van der Waals surface area contributed by atoms with Crippen molar-refractivity contribution in [3.63, 3.8) is 0 Å². The van der Waals surface area contributed by atoms with Gasteiger partial charge in [-0.1, -0.05) is 36.0 Å². The van der Waals surface area contributed by atoms with E-state index in [0.717, 1.165) is 25.7 Å². The molecule has 1 atom stereocenters. The van der Waals surface area contributed by atoms with Crippen molar-refractivity contribution in [3.05, 3.63) is 33.8 Å². The fraction of sp³-hybridized carbons (Fsp3) is 0.462. The monoisotopic (exact) mass is 287 g/mol. The summed E-state index contributed by atoms with van der Waals surface area (Å²) in [6.07, 6.45) is 4.32. The van der Waals surface area contributed by atoms with Gasteiger partial charge in [0.1, 0.15) is 6.04 Å². The van der Waals surface area contributed by atoms with E-state index in [9.17, 15) is 9.90 Å². The molecule has 18 heavy (non-hydrogen) atoms. The van der Waals surface area contributed by atoms with Crippen molar-refractivity contribution < 1.29 is 9.90 Å². The molecule has 0 saturated heterocycles. The Bertz CT molecular complexity index is 445. The second-order valence-corrected chi connectivity index (χ2v) is 5.43. The topological polar surface area (TPSA) is 49.3 Å². The molecule has 1 fully saturated rings. The number of halogens is 2. The van der Waals surface area contributed by atoms with Crippen LogP contribution in [0.4, 0.5) is 0 Å². The maximum Gasteiger partial charge on any atom is 0.325 e. The van der Waals surface area contributed by atoms with Crippen LogP contribution in [0.15, 0.2) is 18.2 Å². The molecule has 1 aromatic carbocycles. The van der Waals surface area contributed by atoms with Gasteiger partial charge < -0.3 is 5.11 Å². The van der Waals surface area contributed by atoms with Gasteiger partial charge in [0.15, 0.2) is 0 Å². The third kappa shape index (κ3) is 3.16. The van der Waals surface area contributed by atoms with Crippen LogP contribution in [-0.4, -0.2) is 17.1 Å². The average molecular weight is 288 g/mol. The van der Waals surface area contributed by atoms with Crippen molar-refractivity contribution in [2.45, 2.75) is 37.8 Å². The summed E-state index contributed by atoms with van der Waals surface area (Å²) in [6.45, 7) is 0. The minimum absolute atomic E-state index is 0.251. The SMILES string of the molecule is O=C(O)C(NC1CCCC1)c1cc(Cl)ccc1Cl. The van der Waals surface area contributed by atoms with Crippen molar-refractivity contribution in [3.8, 4) is 0 Å². The highest BCUT2D eigenvalue weighted by molar-refractivity contribution is 6.33. The van der Waals surface area contributed by atoms with E-state index in [1.165, 1.54) is 0 Å². The molecule has 1 aliphatic rings. The molecule has 3 nitrogen and oxygen atoms in total. The summed E-state index contributed by atoms with van der Waals surface area (Å²) in [4.78, 5) is 11.4. The van der Waals surface area contributed by atoms with Crippen molar-refractivity contribution in [1.82, 2.24) is 5.32 Å². The van der Waals surface area contributed by atoms with E-state index in [4.69, 9.17) is 23.2 Å². The van der Waals surface area contributed by atoms with E-state index in [1.807, 2.05) is 0 Å². The number of carboxylic acids is 1. The highest BCUT2D eigenvalue weighted by Crippen LogP contribution is 2.29. The first-order chi connectivity index (χ1) is 8.58. The van der Waals surface area contributed by atoms with Gasteiger partial charge in [-0.15, -0.1) is 0 Å². The van der Waals surface area contributed by atoms with E-state index in [2.05, 4.69) is 5.32 Å². The summed E-state index contributed by atoms with van der Waals surface area (Å²) >= 11 is 12.0. The molecule has 0 amide bonds. The minimum Gasteiger partial charge on any atom is -0.480 e. The number of aliphatic carboxylic acids is 1. The Morgan fingerprint density at radius 1 is 1.33 bits per heavy atom. The Kier molecular flexibility index (Phi) is 4.49. The summed E-state index contributed by atoms with van der Waals surface area (Å²) in [6, 6.07) is 4.36. The summed E-state index contributed by atoms with van der Waals surface area (Å²) in [7, 11) is 0. The predicted octanol–water partition coefficient (Wildman–Crippen LogP) is 3.65. The first-order valence-corrected chi connectivity index (χ1v) is 6.77. The number of carboxylic acid groups (broad SMARTS) is 1. The van der Waals surface area contributed by atoms with Gasteiger partial charge in [0.2, 0.25) is 0 Å². The molecule has 0 aliphatic heterocycles. The van der Waals surface area contributed by atoms with Gasteiger partial charge >= 0.3 is 5.97 Å².